The Hall–Kier alpha value is -1.46. The van der Waals surface area contributed by atoms with Gasteiger partial charge in [-0.2, -0.15) is 5.26 Å². The van der Waals surface area contributed by atoms with Gasteiger partial charge < -0.3 is 4.74 Å². The molecular formula is C14H16ClNO. The molecule has 0 aliphatic heterocycles. The minimum Gasteiger partial charge on any atom is -0.494 e. The molecule has 0 N–H and O–H groups in total. The van der Waals surface area contributed by atoms with Crippen molar-refractivity contribution in [2.45, 2.75) is 26.7 Å². The number of hydrogen-bond donors (Lipinski definition) is 0. The SMILES string of the molecule is CCCC(C#N)=C(Cl)c1ccc(OCC)cc1. The van der Waals surface area contributed by atoms with Crippen LogP contribution in [0.25, 0.3) is 5.03 Å². The highest BCUT2D eigenvalue weighted by Crippen LogP contribution is 2.26. The smallest absolute Gasteiger partial charge is 0.119 e. The normalized spacial score (nSPS) is 11.6. The van der Waals surface area contributed by atoms with Gasteiger partial charge >= 0.3 is 0 Å². The van der Waals surface area contributed by atoms with Gasteiger partial charge in [0.05, 0.1) is 17.7 Å². The van der Waals surface area contributed by atoms with Crippen LogP contribution in [0.1, 0.15) is 32.3 Å². The second-order valence-electron chi connectivity index (χ2n) is 3.61. The van der Waals surface area contributed by atoms with Crippen LogP contribution in [0.2, 0.25) is 0 Å². The Morgan fingerprint density at radius 1 is 1.29 bits per heavy atom. The Balaban J connectivity index is 2.96. The van der Waals surface area contributed by atoms with Crippen LogP contribution in [0, 0.1) is 11.3 Å². The zero-order valence-corrected chi connectivity index (χ0v) is 10.9. The van der Waals surface area contributed by atoms with E-state index in [1.807, 2.05) is 38.1 Å². The number of nitrogens with zero attached hydrogens (tertiary/aromatic N) is 1. The minimum absolute atomic E-state index is 0.539. The molecule has 2 nitrogen and oxygen atoms in total. The highest BCUT2D eigenvalue weighted by atomic mass is 35.5. The number of hydrogen-bond acceptors (Lipinski definition) is 2. The van der Waals surface area contributed by atoms with Gasteiger partial charge in [0.15, 0.2) is 0 Å². The first-order chi connectivity index (χ1) is 8.22. The molecule has 0 aromatic heterocycles. The van der Waals surface area contributed by atoms with Crippen molar-refractivity contribution in [3.63, 3.8) is 0 Å². The summed E-state index contributed by atoms with van der Waals surface area (Å²) in [4.78, 5) is 0. The van der Waals surface area contributed by atoms with Crippen LogP contribution in [0.15, 0.2) is 29.8 Å². The van der Waals surface area contributed by atoms with Crippen molar-refractivity contribution >= 4 is 16.6 Å². The van der Waals surface area contributed by atoms with Crippen LogP contribution in [-0.4, -0.2) is 6.61 Å². The second-order valence-corrected chi connectivity index (χ2v) is 3.99. The highest BCUT2D eigenvalue weighted by Gasteiger charge is 2.06. The molecule has 90 valence electrons. The van der Waals surface area contributed by atoms with Gasteiger partial charge in [-0.25, -0.2) is 0 Å². The molecule has 0 aliphatic rings. The van der Waals surface area contributed by atoms with Crippen molar-refractivity contribution in [3.05, 3.63) is 35.4 Å². The summed E-state index contributed by atoms with van der Waals surface area (Å²) in [7, 11) is 0. The molecule has 3 heteroatoms. The van der Waals surface area contributed by atoms with Gasteiger partial charge in [0.1, 0.15) is 5.75 Å². The number of benzene rings is 1. The molecular weight excluding hydrogens is 234 g/mol. The molecule has 1 aromatic carbocycles. The number of ether oxygens (including phenoxy) is 1. The summed E-state index contributed by atoms with van der Waals surface area (Å²) >= 11 is 6.20. The zero-order chi connectivity index (χ0) is 12.7. The molecule has 0 bridgehead atoms. The Kier molecular flexibility index (Phi) is 5.59. The van der Waals surface area contributed by atoms with Crippen LogP contribution < -0.4 is 4.74 Å². The lowest BCUT2D eigenvalue weighted by molar-refractivity contribution is 0.340. The third-order valence-electron chi connectivity index (χ3n) is 2.32. The average Bonchev–Trinajstić information content (AvgIpc) is 2.36. The quantitative estimate of drug-likeness (QED) is 0.727. The molecule has 1 aromatic rings. The molecule has 1 rings (SSSR count). The van der Waals surface area contributed by atoms with E-state index in [4.69, 9.17) is 21.6 Å². The summed E-state index contributed by atoms with van der Waals surface area (Å²) in [6, 6.07) is 9.63. The fourth-order valence-electron chi connectivity index (χ4n) is 1.50. The Bertz CT molecular complexity index is 429. The summed E-state index contributed by atoms with van der Waals surface area (Å²) in [5.41, 5.74) is 1.50. The standard InChI is InChI=1S/C14H16ClNO/c1-3-5-12(10-16)14(15)11-6-8-13(9-7-11)17-4-2/h6-9H,3-5H2,1-2H3. The van der Waals surface area contributed by atoms with Crippen LogP contribution in [0.3, 0.4) is 0 Å². The van der Waals surface area contributed by atoms with Crippen molar-refractivity contribution in [2.75, 3.05) is 6.61 Å². The molecule has 17 heavy (non-hydrogen) atoms. The van der Waals surface area contributed by atoms with Gasteiger partial charge in [-0.15, -0.1) is 0 Å². The van der Waals surface area contributed by atoms with Crippen LogP contribution in [0.5, 0.6) is 5.75 Å². The molecule has 0 fully saturated rings. The van der Waals surface area contributed by atoms with Crippen molar-refractivity contribution in [1.82, 2.24) is 0 Å². The number of rotatable bonds is 5. The van der Waals surface area contributed by atoms with E-state index in [9.17, 15) is 0 Å². The molecule has 0 unspecified atom stereocenters. The van der Waals surface area contributed by atoms with Crippen molar-refractivity contribution < 1.29 is 4.74 Å². The van der Waals surface area contributed by atoms with E-state index in [0.29, 0.717) is 23.6 Å². The van der Waals surface area contributed by atoms with Crippen molar-refractivity contribution in [1.29, 1.82) is 5.26 Å². The number of nitriles is 1. The lowest BCUT2D eigenvalue weighted by atomic mass is 10.1. The molecule has 0 radical (unpaired) electrons. The van der Waals surface area contributed by atoms with E-state index in [-0.39, 0.29) is 0 Å². The van der Waals surface area contributed by atoms with Gasteiger partial charge in [-0.05, 0) is 43.2 Å². The minimum atomic E-state index is 0.539. The first kappa shape index (κ1) is 13.6. The van der Waals surface area contributed by atoms with E-state index in [1.54, 1.807) is 0 Å². The second kappa shape index (κ2) is 6.98. The van der Waals surface area contributed by atoms with Gasteiger partial charge in [0.2, 0.25) is 0 Å². The zero-order valence-electron chi connectivity index (χ0n) is 10.2. The molecule has 0 saturated carbocycles. The molecule has 0 amide bonds. The maximum Gasteiger partial charge on any atom is 0.119 e. The third-order valence-corrected chi connectivity index (χ3v) is 2.77. The fraction of sp³-hybridized carbons (Fsp3) is 0.357. The summed E-state index contributed by atoms with van der Waals surface area (Å²) in [6.07, 6.45) is 1.62. The Labute approximate surface area is 107 Å². The van der Waals surface area contributed by atoms with Gasteiger partial charge in [0, 0.05) is 5.57 Å². The number of allylic oxidation sites excluding steroid dienone is 1. The highest BCUT2D eigenvalue weighted by molar-refractivity contribution is 6.49. The largest absolute Gasteiger partial charge is 0.494 e. The van der Waals surface area contributed by atoms with Gasteiger partial charge in [-0.1, -0.05) is 24.9 Å². The summed E-state index contributed by atoms with van der Waals surface area (Å²) in [5, 5.41) is 9.55. The van der Waals surface area contributed by atoms with E-state index in [2.05, 4.69) is 6.07 Å². The predicted molar refractivity (Wildman–Crippen MR) is 70.9 cm³/mol. The van der Waals surface area contributed by atoms with E-state index >= 15 is 0 Å². The monoisotopic (exact) mass is 249 g/mol. The first-order valence-corrected chi connectivity index (χ1v) is 6.12. The lowest BCUT2D eigenvalue weighted by Crippen LogP contribution is -1.91. The maximum atomic E-state index is 9.01. The Morgan fingerprint density at radius 3 is 2.41 bits per heavy atom. The predicted octanol–water partition coefficient (Wildman–Crippen LogP) is 4.36. The van der Waals surface area contributed by atoms with E-state index in [0.717, 1.165) is 17.7 Å². The topological polar surface area (TPSA) is 33.0 Å². The van der Waals surface area contributed by atoms with Gasteiger partial charge in [0.25, 0.3) is 0 Å². The molecule has 0 aliphatic carbocycles. The Morgan fingerprint density at radius 2 is 1.94 bits per heavy atom. The van der Waals surface area contributed by atoms with Gasteiger partial charge in [-0.3, -0.25) is 0 Å². The summed E-state index contributed by atoms with van der Waals surface area (Å²) in [6.45, 7) is 4.61. The summed E-state index contributed by atoms with van der Waals surface area (Å²) in [5.74, 6) is 0.815. The third kappa shape index (κ3) is 3.80. The van der Waals surface area contributed by atoms with Crippen LogP contribution in [0.4, 0.5) is 0 Å². The van der Waals surface area contributed by atoms with Crippen molar-refractivity contribution in [2.24, 2.45) is 0 Å². The maximum absolute atomic E-state index is 9.01. The first-order valence-electron chi connectivity index (χ1n) is 5.74. The van der Waals surface area contributed by atoms with Crippen LogP contribution >= 0.6 is 11.6 Å². The van der Waals surface area contributed by atoms with E-state index in [1.165, 1.54) is 0 Å². The molecule has 0 atom stereocenters. The molecule has 0 saturated heterocycles. The molecule has 0 heterocycles. The van der Waals surface area contributed by atoms with Crippen molar-refractivity contribution in [3.8, 4) is 11.8 Å². The number of halogens is 1. The summed E-state index contributed by atoms with van der Waals surface area (Å²) < 4.78 is 5.35. The molecule has 0 spiro atoms. The van der Waals surface area contributed by atoms with Crippen LogP contribution in [-0.2, 0) is 0 Å². The lowest BCUT2D eigenvalue weighted by Gasteiger charge is -2.06. The average molecular weight is 250 g/mol. The van der Waals surface area contributed by atoms with E-state index < -0.39 is 0 Å². The fourth-order valence-corrected chi connectivity index (χ4v) is 1.77.